The summed E-state index contributed by atoms with van der Waals surface area (Å²) in [5.74, 6) is -0.448. The monoisotopic (exact) mass is 241 g/mol. The molecule has 6 heteroatoms. The highest BCUT2D eigenvalue weighted by Crippen LogP contribution is 2.24. The smallest absolute Gasteiger partial charge is 0.257 e. The molecule has 0 aromatic heterocycles. The molecule has 0 fully saturated rings. The molecule has 15 heavy (non-hydrogen) atoms. The van der Waals surface area contributed by atoms with Crippen molar-refractivity contribution in [2.45, 2.75) is 12.5 Å². The van der Waals surface area contributed by atoms with Gasteiger partial charge >= 0.3 is 0 Å². The average Bonchev–Trinajstić information content (AvgIpc) is 2.17. The van der Waals surface area contributed by atoms with Gasteiger partial charge in [-0.2, -0.15) is 0 Å². The van der Waals surface area contributed by atoms with Crippen LogP contribution in [-0.2, 0) is 0 Å². The Morgan fingerprint density at radius 3 is 2.40 bits per heavy atom. The first kappa shape index (κ1) is 14.1. The molecule has 0 radical (unpaired) electrons. The van der Waals surface area contributed by atoms with Crippen LogP contribution in [-0.4, -0.2) is 13.5 Å². The zero-order valence-electron chi connectivity index (χ0n) is 7.91. The quantitative estimate of drug-likeness (QED) is 0.883. The van der Waals surface area contributed by atoms with Gasteiger partial charge in [0.1, 0.15) is 11.6 Å². The second-order valence-corrected chi connectivity index (χ2v) is 2.75. The van der Waals surface area contributed by atoms with Gasteiger partial charge in [0.2, 0.25) is 0 Å². The van der Waals surface area contributed by atoms with Gasteiger partial charge < -0.3 is 10.5 Å². The van der Waals surface area contributed by atoms with E-state index in [1.807, 2.05) is 0 Å². The lowest BCUT2D eigenvalue weighted by atomic mass is 10.1. The van der Waals surface area contributed by atoms with E-state index in [9.17, 15) is 13.2 Å². The van der Waals surface area contributed by atoms with Crippen molar-refractivity contribution in [3.8, 4) is 5.75 Å². The first-order valence-corrected chi connectivity index (χ1v) is 3.93. The molecule has 0 unspecified atom stereocenters. The maximum absolute atomic E-state index is 13.0. The van der Waals surface area contributed by atoms with E-state index in [4.69, 9.17) is 10.5 Å². The van der Waals surface area contributed by atoms with Gasteiger partial charge in [0.25, 0.3) is 6.43 Å². The summed E-state index contributed by atoms with van der Waals surface area (Å²) in [5.41, 5.74) is 4.88. The number of hydrogen-bond acceptors (Lipinski definition) is 2. The molecule has 1 rings (SSSR count). The molecule has 1 aromatic rings. The highest BCUT2D eigenvalue weighted by Gasteiger charge is 2.21. The average molecular weight is 242 g/mol. The third kappa shape index (κ3) is 3.28. The van der Waals surface area contributed by atoms with E-state index >= 15 is 0 Å². The fourth-order valence-corrected chi connectivity index (χ4v) is 1.04. The van der Waals surface area contributed by atoms with Crippen LogP contribution >= 0.6 is 12.4 Å². The maximum atomic E-state index is 13.0. The van der Waals surface area contributed by atoms with Crippen LogP contribution in [0.3, 0.4) is 0 Å². The summed E-state index contributed by atoms with van der Waals surface area (Å²) in [7, 11) is 1.37. The zero-order chi connectivity index (χ0) is 10.7. The van der Waals surface area contributed by atoms with Gasteiger partial charge in [-0.25, -0.2) is 13.2 Å². The number of hydrogen-bond donors (Lipinski definition) is 1. The van der Waals surface area contributed by atoms with E-state index in [1.165, 1.54) is 19.2 Å². The van der Waals surface area contributed by atoms with E-state index in [0.29, 0.717) is 5.75 Å². The lowest BCUT2D eigenvalue weighted by molar-refractivity contribution is 0.114. The van der Waals surface area contributed by atoms with Gasteiger partial charge in [0.15, 0.2) is 0 Å². The van der Waals surface area contributed by atoms with Crippen LogP contribution in [0.4, 0.5) is 13.2 Å². The zero-order valence-corrected chi connectivity index (χ0v) is 8.73. The number of methoxy groups -OCH3 is 1. The van der Waals surface area contributed by atoms with Crippen LogP contribution in [0.1, 0.15) is 11.6 Å². The molecule has 0 saturated heterocycles. The van der Waals surface area contributed by atoms with Gasteiger partial charge in [0, 0.05) is 5.56 Å². The van der Waals surface area contributed by atoms with Crippen LogP contribution in [0.15, 0.2) is 18.2 Å². The summed E-state index contributed by atoms with van der Waals surface area (Å²) in [4.78, 5) is 0. The van der Waals surface area contributed by atoms with Crippen molar-refractivity contribution >= 4 is 12.4 Å². The molecule has 0 aliphatic rings. The summed E-state index contributed by atoms with van der Waals surface area (Å²) in [6.07, 6.45) is -2.79. The third-order valence-electron chi connectivity index (χ3n) is 1.83. The molecule has 1 atom stereocenters. The Hall–Kier alpha value is -0.940. The predicted molar refractivity (Wildman–Crippen MR) is 53.1 cm³/mol. The highest BCUT2D eigenvalue weighted by atomic mass is 35.5. The van der Waals surface area contributed by atoms with Gasteiger partial charge in [-0.05, 0) is 18.2 Å². The van der Waals surface area contributed by atoms with Crippen molar-refractivity contribution in [2.75, 3.05) is 7.11 Å². The Morgan fingerprint density at radius 1 is 1.33 bits per heavy atom. The van der Waals surface area contributed by atoms with Gasteiger partial charge in [-0.3, -0.25) is 0 Å². The molecule has 0 bridgehead atoms. The van der Waals surface area contributed by atoms with Gasteiger partial charge in [0.05, 0.1) is 13.2 Å². The Morgan fingerprint density at radius 2 is 1.93 bits per heavy atom. The van der Waals surface area contributed by atoms with Gasteiger partial charge in [-0.1, -0.05) is 0 Å². The van der Waals surface area contributed by atoms with Crippen molar-refractivity contribution in [3.63, 3.8) is 0 Å². The minimum absolute atomic E-state index is 0. The van der Waals surface area contributed by atoms with Crippen molar-refractivity contribution in [1.82, 2.24) is 0 Å². The first-order valence-electron chi connectivity index (χ1n) is 3.93. The minimum Gasteiger partial charge on any atom is -0.497 e. The minimum atomic E-state index is -2.79. The number of alkyl halides is 2. The lowest BCUT2D eigenvalue weighted by Gasteiger charge is -2.12. The van der Waals surface area contributed by atoms with E-state index in [1.54, 1.807) is 0 Å². The van der Waals surface area contributed by atoms with Gasteiger partial charge in [-0.15, -0.1) is 12.4 Å². The number of nitrogens with two attached hydrogens (primary N) is 1. The molecule has 0 amide bonds. The fourth-order valence-electron chi connectivity index (χ4n) is 1.04. The standard InChI is InChI=1S/C9H10F3NO.ClH/c1-14-5-2-3-7(10)6(4-5)8(13)9(11)12;/h2-4,8-9H,13H2,1H3;1H/t8-;/m0./s1. The van der Waals surface area contributed by atoms with Crippen LogP contribution in [0, 0.1) is 5.82 Å². The normalized spacial score (nSPS) is 12.1. The number of benzene rings is 1. The molecule has 2 nitrogen and oxygen atoms in total. The summed E-state index contributed by atoms with van der Waals surface area (Å²) in [6, 6.07) is 1.95. The Bertz CT molecular complexity index is 322. The molecule has 0 saturated carbocycles. The van der Waals surface area contributed by atoms with Crippen molar-refractivity contribution in [1.29, 1.82) is 0 Å². The van der Waals surface area contributed by atoms with E-state index < -0.39 is 18.3 Å². The molecule has 2 N–H and O–H groups in total. The molecule has 0 aliphatic heterocycles. The second kappa shape index (κ2) is 5.82. The topological polar surface area (TPSA) is 35.2 Å². The number of rotatable bonds is 3. The van der Waals surface area contributed by atoms with Crippen molar-refractivity contribution in [3.05, 3.63) is 29.6 Å². The van der Waals surface area contributed by atoms with E-state index in [-0.39, 0.29) is 18.0 Å². The van der Waals surface area contributed by atoms with Crippen LogP contribution in [0.25, 0.3) is 0 Å². The lowest BCUT2D eigenvalue weighted by Crippen LogP contribution is -2.20. The van der Waals surface area contributed by atoms with Crippen LogP contribution in [0.5, 0.6) is 5.75 Å². The second-order valence-electron chi connectivity index (χ2n) is 2.75. The van der Waals surface area contributed by atoms with Crippen LogP contribution < -0.4 is 10.5 Å². The van der Waals surface area contributed by atoms with Crippen molar-refractivity contribution in [2.24, 2.45) is 5.73 Å². The van der Waals surface area contributed by atoms with E-state index in [0.717, 1.165) is 6.07 Å². The summed E-state index contributed by atoms with van der Waals surface area (Å²) >= 11 is 0. The molecule has 0 aliphatic carbocycles. The summed E-state index contributed by atoms with van der Waals surface area (Å²) in [6.45, 7) is 0. The molecule has 0 heterocycles. The largest absolute Gasteiger partial charge is 0.497 e. The Kier molecular flexibility index (Phi) is 5.46. The summed E-state index contributed by atoms with van der Waals surface area (Å²) < 4.78 is 42.2. The number of halogens is 4. The van der Waals surface area contributed by atoms with E-state index in [2.05, 4.69) is 0 Å². The summed E-state index contributed by atoms with van der Waals surface area (Å²) in [5, 5.41) is 0. The number of ether oxygens (including phenoxy) is 1. The Balaban J connectivity index is 0.00000196. The molecular weight excluding hydrogens is 231 g/mol. The molecule has 0 spiro atoms. The SMILES string of the molecule is COc1ccc(F)c([C@H](N)C(F)F)c1.Cl. The van der Waals surface area contributed by atoms with Crippen molar-refractivity contribution < 1.29 is 17.9 Å². The maximum Gasteiger partial charge on any atom is 0.257 e. The van der Waals surface area contributed by atoms with Crippen LogP contribution in [0.2, 0.25) is 0 Å². The fraction of sp³-hybridized carbons (Fsp3) is 0.333. The Labute approximate surface area is 91.6 Å². The highest BCUT2D eigenvalue weighted by molar-refractivity contribution is 5.85. The third-order valence-corrected chi connectivity index (χ3v) is 1.83. The first-order chi connectivity index (χ1) is 6.56. The predicted octanol–water partition coefficient (Wildman–Crippen LogP) is 2.52. The molecular formula is C9H11ClF3NO. The molecule has 1 aromatic carbocycles. The molecule has 86 valence electrons.